The first-order chi connectivity index (χ1) is 11.2. The molecule has 1 aliphatic heterocycles. The number of esters is 1. The second-order valence-electron chi connectivity index (χ2n) is 5.49. The van der Waals surface area contributed by atoms with Gasteiger partial charge >= 0.3 is 5.97 Å². The molecule has 0 atom stereocenters. The number of hydrogen-bond donors (Lipinski definition) is 0. The summed E-state index contributed by atoms with van der Waals surface area (Å²) in [5, 5.41) is 0. The lowest BCUT2D eigenvalue weighted by atomic mass is 10.1. The molecule has 1 aromatic heterocycles. The van der Waals surface area contributed by atoms with Crippen molar-refractivity contribution in [2.45, 2.75) is 19.3 Å². The van der Waals surface area contributed by atoms with Gasteiger partial charge in [-0.15, -0.1) is 0 Å². The lowest BCUT2D eigenvalue weighted by Crippen LogP contribution is -2.37. The molecule has 2 aromatic rings. The van der Waals surface area contributed by atoms with Crippen LogP contribution >= 0.6 is 0 Å². The van der Waals surface area contributed by atoms with Gasteiger partial charge < -0.3 is 14.2 Å². The Balaban J connectivity index is 1.51. The van der Waals surface area contributed by atoms with Crippen LogP contribution in [0.25, 0.3) is 5.69 Å². The van der Waals surface area contributed by atoms with Gasteiger partial charge in [0, 0.05) is 31.0 Å². The number of benzene rings is 1. The van der Waals surface area contributed by atoms with Crippen molar-refractivity contribution >= 4 is 11.9 Å². The van der Waals surface area contributed by atoms with Crippen LogP contribution in [0.15, 0.2) is 43.0 Å². The maximum Gasteiger partial charge on any atom is 0.338 e. The Labute approximate surface area is 134 Å². The first-order valence-electron chi connectivity index (χ1n) is 7.77. The number of aromatic nitrogens is 2. The largest absolute Gasteiger partial charge is 0.460 e. The van der Waals surface area contributed by atoms with E-state index in [1.807, 2.05) is 22.9 Å². The first-order valence-corrected chi connectivity index (χ1v) is 7.77. The molecule has 1 saturated heterocycles. The molecule has 1 amide bonds. The highest BCUT2D eigenvalue weighted by molar-refractivity contribution is 5.89. The zero-order valence-electron chi connectivity index (χ0n) is 12.9. The summed E-state index contributed by atoms with van der Waals surface area (Å²) in [6.07, 6.45) is 7.81. The van der Waals surface area contributed by atoms with E-state index < -0.39 is 0 Å². The molecular formula is C17H19N3O3. The van der Waals surface area contributed by atoms with E-state index in [0.717, 1.165) is 25.1 Å². The van der Waals surface area contributed by atoms with Crippen molar-refractivity contribution in [3.05, 3.63) is 48.5 Å². The molecular weight excluding hydrogens is 294 g/mol. The third kappa shape index (κ3) is 3.77. The van der Waals surface area contributed by atoms with Gasteiger partial charge in [-0.2, -0.15) is 0 Å². The number of carbonyl (C=O) groups is 2. The smallest absolute Gasteiger partial charge is 0.338 e. The highest BCUT2D eigenvalue weighted by Crippen LogP contribution is 2.12. The van der Waals surface area contributed by atoms with Crippen molar-refractivity contribution in [3.63, 3.8) is 0 Å². The van der Waals surface area contributed by atoms with Crippen LogP contribution in [0.3, 0.4) is 0 Å². The molecule has 0 bridgehead atoms. The molecule has 0 saturated carbocycles. The Hall–Kier alpha value is -2.63. The summed E-state index contributed by atoms with van der Waals surface area (Å²) < 4.78 is 7.12. The lowest BCUT2D eigenvalue weighted by molar-refractivity contribution is -0.133. The fraction of sp³-hybridized carbons (Fsp3) is 0.353. The molecule has 0 spiro atoms. The Bertz CT molecular complexity index is 665. The van der Waals surface area contributed by atoms with Crippen molar-refractivity contribution < 1.29 is 14.3 Å². The van der Waals surface area contributed by atoms with Gasteiger partial charge in [0.05, 0.1) is 18.4 Å². The van der Waals surface area contributed by atoms with Gasteiger partial charge in [-0.3, -0.25) is 4.79 Å². The van der Waals surface area contributed by atoms with Gasteiger partial charge in [0.2, 0.25) is 5.91 Å². The molecule has 0 aliphatic carbocycles. The number of likely N-dealkylation sites (tertiary alicyclic amines) is 1. The average molecular weight is 313 g/mol. The quantitative estimate of drug-likeness (QED) is 0.792. The number of hydrogen-bond acceptors (Lipinski definition) is 4. The second kappa shape index (κ2) is 7.09. The highest BCUT2D eigenvalue weighted by atomic mass is 16.5. The van der Waals surface area contributed by atoms with E-state index in [4.69, 9.17) is 4.74 Å². The van der Waals surface area contributed by atoms with Crippen molar-refractivity contribution in [1.82, 2.24) is 14.5 Å². The van der Waals surface area contributed by atoms with Crippen LogP contribution in [0.2, 0.25) is 0 Å². The number of nitrogens with zero attached hydrogens (tertiary/aromatic N) is 3. The van der Waals surface area contributed by atoms with Gasteiger partial charge in [-0.25, -0.2) is 9.78 Å². The Morgan fingerprint density at radius 2 is 2.04 bits per heavy atom. The Morgan fingerprint density at radius 3 is 2.74 bits per heavy atom. The maximum atomic E-state index is 12.0. The second-order valence-corrected chi connectivity index (χ2v) is 5.49. The van der Waals surface area contributed by atoms with Crippen LogP contribution in [0.1, 0.15) is 29.6 Å². The Kier molecular flexibility index (Phi) is 4.71. The van der Waals surface area contributed by atoms with E-state index in [1.165, 1.54) is 0 Å². The zero-order chi connectivity index (χ0) is 16.1. The van der Waals surface area contributed by atoms with E-state index in [2.05, 4.69) is 4.98 Å². The monoisotopic (exact) mass is 313 g/mol. The van der Waals surface area contributed by atoms with E-state index in [0.29, 0.717) is 18.5 Å². The highest BCUT2D eigenvalue weighted by Gasteiger charge is 2.18. The minimum atomic E-state index is -0.369. The summed E-state index contributed by atoms with van der Waals surface area (Å²) in [7, 11) is 0. The molecule has 1 aromatic carbocycles. The summed E-state index contributed by atoms with van der Waals surface area (Å²) in [4.78, 5) is 29.4. The van der Waals surface area contributed by atoms with Crippen LogP contribution in [0, 0.1) is 0 Å². The average Bonchev–Trinajstić information content (AvgIpc) is 3.11. The standard InChI is InChI=1S/C17H19N3O3/c21-16-3-1-2-9-19(16)11-12-23-17(22)14-4-6-15(7-5-14)20-10-8-18-13-20/h4-8,10,13H,1-3,9,11-12H2. The fourth-order valence-electron chi connectivity index (χ4n) is 2.61. The van der Waals surface area contributed by atoms with E-state index in [9.17, 15) is 9.59 Å². The van der Waals surface area contributed by atoms with Gasteiger partial charge in [0.25, 0.3) is 0 Å². The molecule has 1 aliphatic rings. The van der Waals surface area contributed by atoms with Gasteiger partial charge in [-0.1, -0.05) is 0 Å². The predicted octanol–water partition coefficient (Wildman–Crippen LogP) is 2.04. The molecule has 1 fully saturated rings. The lowest BCUT2D eigenvalue weighted by Gasteiger charge is -2.26. The Morgan fingerprint density at radius 1 is 1.22 bits per heavy atom. The minimum absolute atomic E-state index is 0.150. The van der Waals surface area contributed by atoms with Crippen molar-refractivity contribution in [2.24, 2.45) is 0 Å². The van der Waals surface area contributed by atoms with Crippen molar-refractivity contribution in [1.29, 1.82) is 0 Å². The van der Waals surface area contributed by atoms with Crippen LogP contribution in [0.4, 0.5) is 0 Å². The first kappa shape index (κ1) is 15.3. The number of amides is 1. The number of carbonyl (C=O) groups excluding carboxylic acids is 2. The van der Waals surface area contributed by atoms with E-state index in [1.54, 1.807) is 29.6 Å². The summed E-state index contributed by atoms with van der Waals surface area (Å²) in [5.74, 6) is -0.219. The van der Waals surface area contributed by atoms with Crippen LogP contribution in [-0.2, 0) is 9.53 Å². The van der Waals surface area contributed by atoms with Gasteiger partial charge in [0.1, 0.15) is 6.61 Å². The van der Waals surface area contributed by atoms with E-state index >= 15 is 0 Å². The molecule has 6 heteroatoms. The summed E-state index contributed by atoms with van der Waals surface area (Å²) in [6.45, 7) is 1.46. The third-order valence-corrected chi connectivity index (χ3v) is 3.92. The minimum Gasteiger partial charge on any atom is -0.460 e. The maximum absolute atomic E-state index is 12.0. The fourth-order valence-corrected chi connectivity index (χ4v) is 2.61. The summed E-state index contributed by atoms with van der Waals surface area (Å²) in [6, 6.07) is 7.13. The normalized spacial score (nSPS) is 14.8. The van der Waals surface area contributed by atoms with Crippen LogP contribution < -0.4 is 0 Å². The molecule has 6 nitrogen and oxygen atoms in total. The molecule has 3 rings (SSSR count). The van der Waals surface area contributed by atoms with E-state index in [-0.39, 0.29) is 18.5 Å². The predicted molar refractivity (Wildman–Crippen MR) is 84.3 cm³/mol. The van der Waals surface area contributed by atoms with Crippen molar-refractivity contribution in [3.8, 4) is 5.69 Å². The molecule has 0 radical (unpaired) electrons. The van der Waals surface area contributed by atoms with Gasteiger partial charge in [-0.05, 0) is 37.1 Å². The summed E-state index contributed by atoms with van der Waals surface area (Å²) in [5.41, 5.74) is 1.43. The molecule has 2 heterocycles. The number of piperidine rings is 1. The number of ether oxygens (including phenoxy) is 1. The zero-order valence-corrected chi connectivity index (χ0v) is 12.9. The molecule has 0 N–H and O–H groups in total. The summed E-state index contributed by atoms with van der Waals surface area (Å²) >= 11 is 0. The topological polar surface area (TPSA) is 64.4 Å². The SMILES string of the molecule is O=C(OCCN1CCCCC1=O)c1ccc(-n2ccnc2)cc1. The number of rotatable bonds is 5. The van der Waals surface area contributed by atoms with Crippen LogP contribution in [0.5, 0.6) is 0 Å². The molecule has 0 unspecified atom stereocenters. The number of imidazole rings is 1. The van der Waals surface area contributed by atoms with Crippen LogP contribution in [-0.4, -0.2) is 46.0 Å². The molecule has 120 valence electrons. The van der Waals surface area contributed by atoms with Crippen molar-refractivity contribution in [2.75, 3.05) is 19.7 Å². The third-order valence-electron chi connectivity index (χ3n) is 3.92. The van der Waals surface area contributed by atoms with Gasteiger partial charge in [0.15, 0.2) is 0 Å². The molecule has 23 heavy (non-hydrogen) atoms.